The van der Waals surface area contributed by atoms with Gasteiger partial charge in [0.05, 0.1) is 19.8 Å². The molecule has 1 aromatic carbocycles. The van der Waals surface area contributed by atoms with E-state index in [0.717, 1.165) is 0 Å². The van der Waals surface area contributed by atoms with E-state index in [-0.39, 0.29) is 17.8 Å². The average Bonchev–Trinajstić information content (AvgIpc) is 2.43. The molecule has 0 aliphatic rings. The highest BCUT2D eigenvalue weighted by Gasteiger charge is 2.26. The van der Waals surface area contributed by atoms with Crippen molar-refractivity contribution < 1.29 is 29.0 Å². The van der Waals surface area contributed by atoms with E-state index < -0.39 is 17.9 Å². The number of carboxylic acid groups (broad SMARTS) is 1. The van der Waals surface area contributed by atoms with Crippen molar-refractivity contribution in [3.05, 3.63) is 29.3 Å². The second kappa shape index (κ2) is 6.70. The zero-order valence-electron chi connectivity index (χ0n) is 11.5. The van der Waals surface area contributed by atoms with Gasteiger partial charge in [0.15, 0.2) is 0 Å². The Morgan fingerprint density at radius 3 is 2.35 bits per heavy atom. The monoisotopic (exact) mass is 280 g/mol. The van der Waals surface area contributed by atoms with Gasteiger partial charge in [-0.15, -0.1) is 0 Å². The number of Topliss-reactive ketones (excluding diaryl/α,β-unsaturated/α-hetero) is 1. The number of benzene rings is 1. The standard InChI is InChI=1S/C14H16O6/c1-8(15)11(14(18)20-3)6-9-4-5-10(13(16)17)7-12(9)19-2/h4-5,7,11H,6H2,1-3H3,(H,16,17). The van der Waals surface area contributed by atoms with E-state index in [0.29, 0.717) is 11.3 Å². The van der Waals surface area contributed by atoms with E-state index in [1.807, 2.05) is 0 Å². The van der Waals surface area contributed by atoms with Gasteiger partial charge in [-0.05, 0) is 31.0 Å². The van der Waals surface area contributed by atoms with Crippen molar-refractivity contribution in [3.63, 3.8) is 0 Å². The van der Waals surface area contributed by atoms with Crippen molar-refractivity contribution in [2.75, 3.05) is 14.2 Å². The number of carboxylic acids is 1. The quantitative estimate of drug-likeness (QED) is 0.624. The second-order valence-electron chi connectivity index (χ2n) is 4.22. The van der Waals surface area contributed by atoms with Crippen LogP contribution in [0.4, 0.5) is 0 Å². The van der Waals surface area contributed by atoms with Crippen LogP contribution in [0, 0.1) is 5.92 Å². The highest BCUT2D eigenvalue weighted by molar-refractivity contribution is 5.98. The molecular formula is C14H16O6. The molecule has 0 spiro atoms. The number of methoxy groups -OCH3 is 2. The maximum absolute atomic E-state index is 11.6. The summed E-state index contributed by atoms with van der Waals surface area (Å²) in [6, 6.07) is 4.28. The summed E-state index contributed by atoms with van der Waals surface area (Å²) in [4.78, 5) is 33.9. The first-order valence-corrected chi connectivity index (χ1v) is 5.89. The fourth-order valence-corrected chi connectivity index (χ4v) is 1.80. The van der Waals surface area contributed by atoms with Crippen LogP contribution in [0.25, 0.3) is 0 Å². The fraction of sp³-hybridized carbons (Fsp3) is 0.357. The lowest BCUT2D eigenvalue weighted by Crippen LogP contribution is -2.25. The van der Waals surface area contributed by atoms with Gasteiger partial charge in [0.2, 0.25) is 0 Å². The van der Waals surface area contributed by atoms with Crippen LogP contribution in [0.2, 0.25) is 0 Å². The largest absolute Gasteiger partial charge is 0.496 e. The van der Waals surface area contributed by atoms with E-state index in [1.165, 1.54) is 39.3 Å². The van der Waals surface area contributed by atoms with Crippen LogP contribution in [0.3, 0.4) is 0 Å². The van der Waals surface area contributed by atoms with Gasteiger partial charge >= 0.3 is 11.9 Å². The molecule has 0 saturated heterocycles. The third-order valence-electron chi connectivity index (χ3n) is 2.93. The van der Waals surface area contributed by atoms with Gasteiger partial charge < -0.3 is 14.6 Å². The van der Waals surface area contributed by atoms with Gasteiger partial charge in [0, 0.05) is 0 Å². The minimum absolute atomic E-state index is 0.0723. The van der Waals surface area contributed by atoms with Gasteiger partial charge in [0.25, 0.3) is 0 Å². The molecule has 1 aromatic rings. The zero-order valence-corrected chi connectivity index (χ0v) is 11.5. The van der Waals surface area contributed by atoms with Gasteiger partial charge in [-0.25, -0.2) is 4.79 Å². The van der Waals surface area contributed by atoms with Crippen molar-refractivity contribution >= 4 is 17.7 Å². The number of esters is 1. The van der Waals surface area contributed by atoms with E-state index in [2.05, 4.69) is 4.74 Å². The molecule has 1 unspecified atom stereocenters. The molecule has 0 aliphatic carbocycles. The summed E-state index contributed by atoms with van der Waals surface area (Å²) in [6.45, 7) is 1.31. The highest BCUT2D eigenvalue weighted by Crippen LogP contribution is 2.24. The normalized spacial score (nSPS) is 11.6. The van der Waals surface area contributed by atoms with Gasteiger partial charge in [-0.1, -0.05) is 6.07 Å². The van der Waals surface area contributed by atoms with Gasteiger partial charge in [-0.3, -0.25) is 9.59 Å². The smallest absolute Gasteiger partial charge is 0.335 e. The number of aromatic carboxylic acids is 1. The van der Waals surface area contributed by atoms with E-state index in [9.17, 15) is 14.4 Å². The lowest BCUT2D eigenvalue weighted by Gasteiger charge is -2.14. The Hall–Kier alpha value is -2.37. The summed E-state index contributed by atoms with van der Waals surface area (Å²) in [5.41, 5.74) is 0.645. The molecule has 0 bridgehead atoms. The molecule has 0 radical (unpaired) electrons. The van der Waals surface area contributed by atoms with Crippen LogP contribution in [0.15, 0.2) is 18.2 Å². The van der Waals surface area contributed by atoms with Crippen LogP contribution in [-0.4, -0.2) is 37.0 Å². The topological polar surface area (TPSA) is 89.9 Å². The minimum atomic E-state index is -1.08. The molecule has 0 amide bonds. The number of ether oxygens (including phenoxy) is 2. The summed E-state index contributed by atoms with van der Waals surface area (Å²) in [5.74, 6) is -2.63. The van der Waals surface area contributed by atoms with E-state index >= 15 is 0 Å². The number of hydrogen-bond acceptors (Lipinski definition) is 5. The Bertz CT molecular complexity index is 534. The maximum atomic E-state index is 11.6. The Morgan fingerprint density at radius 2 is 1.90 bits per heavy atom. The summed E-state index contributed by atoms with van der Waals surface area (Å²) >= 11 is 0. The zero-order chi connectivity index (χ0) is 15.3. The molecule has 6 nitrogen and oxygen atoms in total. The molecule has 1 rings (SSSR count). The molecule has 0 heterocycles. The third kappa shape index (κ3) is 3.57. The Labute approximate surface area is 116 Å². The van der Waals surface area contributed by atoms with Crippen molar-refractivity contribution in [2.24, 2.45) is 5.92 Å². The molecule has 0 saturated carbocycles. The number of carbonyl (C=O) groups is 3. The van der Waals surface area contributed by atoms with Crippen molar-refractivity contribution in [1.29, 1.82) is 0 Å². The van der Waals surface area contributed by atoms with Gasteiger partial charge in [0.1, 0.15) is 17.5 Å². The lowest BCUT2D eigenvalue weighted by atomic mass is 9.94. The molecule has 1 atom stereocenters. The molecule has 1 N–H and O–H groups in total. The Morgan fingerprint density at radius 1 is 1.25 bits per heavy atom. The lowest BCUT2D eigenvalue weighted by molar-refractivity contribution is -0.148. The first-order valence-electron chi connectivity index (χ1n) is 5.89. The average molecular weight is 280 g/mol. The number of rotatable bonds is 6. The number of hydrogen-bond donors (Lipinski definition) is 1. The molecule has 0 aliphatic heterocycles. The second-order valence-corrected chi connectivity index (χ2v) is 4.22. The van der Waals surface area contributed by atoms with Crippen LogP contribution in [0.5, 0.6) is 5.75 Å². The van der Waals surface area contributed by atoms with E-state index in [4.69, 9.17) is 9.84 Å². The SMILES string of the molecule is COC(=O)C(Cc1ccc(C(=O)O)cc1OC)C(C)=O. The maximum Gasteiger partial charge on any atom is 0.335 e. The summed E-state index contributed by atoms with van der Waals surface area (Å²) < 4.78 is 9.69. The van der Waals surface area contributed by atoms with Crippen LogP contribution in [0.1, 0.15) is 22.8 Å². The molecule has 108 valence electrons. The predicted molar refractivity (Wildman–Crippen MR) is 69.8 cm³/mol. The first-order chi connectivity index (χ1) is 9.40. The molecule has 20 heavy (non-hydrogen) atoms. The number of ketones is 1. The molecule has 0 fully saturated rings. The minimum Gasteiger partial charge on any atom is -0.496 e. The highest BCUT2D eigenvalue weighted by atomic mass is 16.5. The summed E-state index contributed by atoms with van der Waals surface area (Å²) in [7, 11) is 2.61. The van der Waals surface area contributed by atoms with Crippen molar-refractivity contribution in [2.45, 2.75) is 13.3 Å². The van der Waals surface area contributed by atoms with Crippen LogP contribution >= 0.6 is 0 Å². The Kier molecular flexibility index (Phi) is 5.25. The molecule has 6 heteroatoms. The number of carbonyl (C=O) groups excluding carboxylic acids is 2. The summed E-state index contributed by atoms with van der Waals surface area (Å²) in [6.07, 6.45) is 0.102. The van der Waals surface area contributed by atoms with Crippen LogP contribution in [-0.2, 0) is 20.7 Å². The van der Waals surface area contributed by atoms with Crippen molar-refractivity contribution in [3.8, 4) is 5.75 Å². The van der Waals surface area contributed by atoms with Crippen molar-refractivity contribution in [1.82, 2.24) is 0 Å². The van der Waals surface area contributed by atoms with E-state index in [1.54, 1.807) is 0 Å². The predicted octanol–water partition coefficient (Wildman–Crippen LogP) is 1.31. The molecule has 0 aromatic heterocycles. The fourth-order valence-electron chi connectivity index (χ4n) is 1.80. The summed E-state index contributed by atoms with van der Waals surface area (Å²) in [5, 5.41) is 8.91. The molecular weight excluding hydrogens is 264 g/mol. The van der Waals surface area contributed by atoms with Gasteiger partial charge in [-0.2, -0.15) is 0 Å². The van der Waals surface area contributed by atoms with Crippen LogP contribution < -0.4 is 4.74 Å². The first kappa shape index (κ1) is 15.7. The third-order valence-corrected chi connectivity index (χ3v) is 2.93. The Balaban J connectivity index is 3.09.